The van der Waals surface area contributed by atoms with E-state index in [1.807, 2.05) is 0 Å². The fourth-order valence-electron chi connectivity index (χ4n) is 0.725. The van der Waals surface area contributed by atoms with Crippen LogP contribution in [0.25, 0.3) is 6.08 Å². The topological polar surface area (TPSA) is 60.7 Å². The molecule has 0 bridgehead atoms. The molecule has 0 aromatic carbocycles. The first-order chi connectivity index (χ1) is 6.36. The molecule has 1 aromatic rings. The van der Waals surface area contributed by atoms with Gasteiger partial charge in [0.05, 0.1) is 6.26 Å². The highest BCUT2D eigenvalue weighted by Crippen LogP contribution is 2.02. The minimum absolute atomic E-state index is 0.0720. The Morgan fingerprint density at radius 3 is 2.69 bits per heavy atom. The Morgan fingerprint density at radius 1 is 1.38 bits per heavy atom. The Kier molecular flexibility index (Phi) is 3.11. The van der Waals surface area contributed by atoms with Crippen LogP contribution in [0.2, 0.25) is 0 Å². The van der Waals surface area contributed by atoms with Crippen LogP contribution in [-0.2, 0) is 0 Å². The molecule has 0 atom stereocenters. The Bertz CT molecular complexity index is 383. The zero-order chi connectivity index (χ0) is 9.52. The highest BCUT2D eigenvalue weighted by Gasteiger charge is 1.88. The summed E-state index contributed by atoms with van der Waals surface area (Å²) in [5.41, 5.74) is 0.0720. The van der Waals surface area contributed by atoms with Gasteiger partial charge in [-0.25, -0.2) is 0 Å². The highest BCUT2D eigenvalue weighted by molar-refractivity contribution is 5.48. The van der Waals surface area contributed by atoms with Gasteiger partial charge < -0.3 is 4.42 Å². The van der Waals surface area contributed by atoms with E-state index in [0.717, 1.165) is 0 Å². The van der Waals surface area contributed by atoms with E-state index in [1.165, 1.54) is 6.08 Å². The molecule has 62 valence electrons. The molecule has 1 aromatic heterocycles. The monoisotopic (exact) mass is 170 g/mol. The van der Waals surface area contributed by atoms with Crippen molar-refractivity contribution in [1.29, 1.82) is 10.5 Å². The summed E-state index contributed by atoms with van der Waals surface area (Å²) in [4.78, 5) is 0. The average molecular weight is 170 g/mol. The number of nitrogens with zero attached hydrogens (tertiary/aromatic N) is 2. The normalized spacial score (nSPS) is 9.08. The first-order valence-corrected chi connectivity index (χ1v) is 3.59. The molecule has 0 spiro atoms. The minimum Gasteiger partial charge on any atom is -0.465 e. The van der Waals surface area contributed by atoms with Gasteiger partial charge in [-0.3, -0.25) is 0 Å². The molecule has 0 saturated heterocycles. The summed E-state index contributed by atoms with van der Waals surface area (Å²) in [6.07, 6.45) is 6.26. The van der Waals surface area contributed by atoms with Gasteiger partial charge in [0, 0.05) is 0 Å². The summed E-state index contributed by atoms with van der Waals surface area (Å²) in [5.74, 6) is 0.687. The number of allylic oxidation sites excluding steroid dienone is 3. The van der Waals surface area contributed by atoms with Crippen LogP contribution in [0, 0.1) is 22.7 Å². The van der Waals surface area contributed by atoms with Gasteiger partial charge in [0.1, 0.15) is 23.5 Å². The molecule has 1 heterocycles. The van der Waals surface area contributed by atoms with E-state index in [-0.39, 0.29) is 5.57 Å². The van der Waals surface area contributed by atoms with Crippen LogP contribution in [0.1, 0.15) is 5.76 Å². The Balaban J connectivity index is 2.67. The highest BCUT2D eigenvalue weighted by atomic mass is 16.3. The quantitative estimate of drug-likeness (QED) is 0.505. The van der Waals surface area contributed by atoms with Crippen molar-refractivity contribution in [3.05, 3.63) is 41.9 Å². The first-order valence-electron chi connectivity index (χ1n) is 3.59. The van der Waals surface area contributed by atoms with Crippen molar-refractivity contribution >= 4 is 6.08 Å². The van der Waals surface area contributed by atoms with Crippen molar-refractivity contribution in [3.63, 3.8) is 0 Å². The Hall–Kier alpha value is -2.26. The number of nitriles is 2. The molecule has 3 nitrogen and oxygen atoms in total. The molecule has 0 unspecified atom stereocenters. The van der Waals surface area contributed by atoms with Gasteiger partial charge in [0.15, 0.2) is 0 Å². The molecule has 0 fully saturated rings. The second kappa shape index (κ2) is 4.58. The summed E-state index contributed by atoms with van der Waals surface area (Å²) in [5, 5.41) is 16.8. The van der Waals surface area contributed by atoms with Gasteiger partial charge in [-0.15, -0.1) is 0 Å². The largest absolute Gasteiger partial charge is 0.465 e. The third kappa shape index (κ3) is 2.69. The summed E-state index contributed by atoms with van der Waals surface area (Å²) < 4.78 is 5.00. The zero-order valence-corrected chi connectivity index (χ0v) is 6.77. The molecule has 3 heteroatoms. The van der Waals surface area contributed by atoms with Crippen LogP contribution in [0.5, 0.6) is 0 Å². The number of furan rings is 1. The second-order valence-corrected chi connectivity index (χ2v) is 2.18. The van der Waals surface area contributed by atoms with Crippen molar-refractivity contribution < 1.29 is 4.42 Å². The van der Waals surface area contributed by atoms with E-state index in [1.54, 1.807) is 42.7 Å². The Labute approximate surface area is 75.8 Å². The predicted octanol–water partition coefficient (Wildman–Crippen LogP) is 2.27. The van der Waals surface area contributed by atoms with Crippen molar-refractivity contribution in [2.75, 3.05) is 0 Å². The van der Waals surface area contributed by atoms with Crippen LogP contribution < -0.4 is 0 Å². The maximum Gasteiger partial charge on any atom is 0.129 e. The molecule has 13 heavy (non-hydrogen) atoms. The van der Waals surface area contributed by atoms with Crippen molar-refractivity contribution in [1.82, 2.24) is 0 Å². The van der Waals surface area contributed by atoms with Gasteiger partial charge in [0.25, 0.3) is 0 Å². The molecule has 0 saturated carbocycles. The van der Waals surface area contributed by atoms with Crippen molar-refractivity contribution in [2.45, 2.75) is 0 Å². The van der Waals surface area contributed by atoms with Crippen molar-refractivity contribution in [3.8, 4) is 12.1 Å². The van der Waals surface area contributed by atoms with Crippen LogP contribution in [0.3, 0.4) is 0 Å². The lowest BCUT2D eigenvalue weighted by Gasteiger charge is -1.79. The van der Waals surface area contributed by atoms with Gasteiger partial charge in [0.2, 0.25) is 0 Å². The predicted molar refractivity (Wildman–Crippen MR) is 47.1 cm³/mol. The summed E-state index contributed by atoms with van der Waals surface area (Å²) in [6.45, 7) is 0. The fourth-order valence-corrected chi connectivity index (χ4v) is 0.725. The SMILES string of the molecule is N#CC(C#N)=C/C=C\c1ccco1. The van der Waals surface area contributed by atoms with E-state index in [9.17, 15) is 0 Å². The molecule has 0 radical (unpaired) electrons. The second-order valence-electron chi connectivity index (χ2n) is 2.18. The van der Waals surface area contributed by atoms with E-state index in [2.05, 4.69) is 0 Å². The summed E-state index contributed by atoms with van der Waals surface area (Å²) in [6, 6.07) is 7.04. The fraction of sp³-hybridized carbons (Fsp3) is 0. The van der Waals surface area contributed by atoms with Crippen LogP contribution >= 0.6 is 0 Å². The zero-order valence-electron chi connectivity index (χ0n) is 6.77. The third-order valence-electron chi connectivity index (χ3n) is 1.31. The molecule has 0 aliphatic carbocycles. The molecule has 0 amide bonds. The van der Waals surface area contributed by atoms with Crippen LogP contribution in [0.4, 0.5) is 0 Å². The Morgan fingerprint density at radius 2 is 2.15 bits per heavy atom. The first kappa shape index (κ1) is 8.83. The maximum atomic E-state index is 8.39. The lowest BCUT2D eigenvalue weighted by atomic mass is 10.3. The number of hydrogen-bond acceptors (Lipinski definition) is 3. The lowest BCUT2D eigenvalue weighted by Crippen LogP contribution is -1.67. The summed E-state index contributed by atoms with van der Waals surface area (Å²) in [7, 11) is 0. The van der Waals surface area contributed by atoms with E-state index in [0.29, 0.717) is 5.76 Å². The maximum absolute atomic E-state index is 8.39. The number of hydrogen-bond donors (Lipinski definition) is 0. The molecular weight excluding hydrogens is 164 g/mol. The van der Waals surface area contributed by atoms with E-state index >= 15 is 0 Å². The summed E-state index contributed by atoms with van der Waals surface area (Å²) >= 11 is 0. The average Bonchev–Trinajstić information content (AvgIpc) is 2.65. The molecule has 1 rings (SSSR count). The van der Waals surface area contributed by atoms with Gasteiger partial charge in [-0.05, 0) is 24.3 Å². The molecule has 0 aliphatic rings. The van der Waals surface area contributed by atoms with Gasteiger partial charge >= 0.3 is 0 Å². The van der Waals surface area contributed by atoms with Gasteiger partial charge in [-0.1, -0.05) is 6.08 Å². The molecule has 0 aliphatic heterocycles. The van der Waals surface area contributed by atoms with Crippen LogP contribution in [0.15, 0.2) is 40.5 Å². The molecular formula is C10H6N2O. The van der Waals surface area contributed by atoms with E-state index < -0.39 is 0 Å². The third-order valence-corrected chi connectivity index (χ3v) is 1.31. The van der Waals surface area contributed by atoms with Crippen LogP contribution in [-0.4, -0.2) is 0 Å². The van der Waals surface area contributed by atoms with Gasteiger partial charge in [-0.2, -0.15) is 10.5 Å². The number of rotatable bonds is 2. The minimum atomic E-state index is 0.0720. The smallest absolute Gasteiger partial charge is 0.129 e. The van der Waals surface area contributed by atoms with Crippen molar-refractivity contribution in [2.24, 2.45) is 0 Å². The standard InChI is InChI=1S/C10H6N2O/c11-7-9(8-12)3-1-4-10-5-2-6-13-10/h1-6H/b4-1-. The molecule has 0 N–H and O–H groups in total. The lowest BCUT2D eigenvalue weighted by molar-refractivity contribution is 0.557. The van der Waals surface area contributed by atoms with E-state index in [4.69, 9.17) is 14.9 Å².